The summed E-state index contributed by atoms with van der Waals surface area (Å²) in [7, 11) is 0. The fraction of sp³-hybridized carbons (Fsp3) is 0.545. The molecule has 1 aromatic rings. The molecule has 2 aliphatic carbocycles. The van der Waals surface area contributed by atoms with Crippen LogP contribution in [0, 0.1) is 11.8 Å². The number of Topliss-reactive ketones (excluding diaryl/α,β-unsaturated/α-hetero) is 1. The van der Waals surface area contributed by atoms with Crippen molar-refractivity contribution in [3.8, 4) is 5.75 Å². The number of aliphatic carboxylic acids is 1. The summed E-state index contributed by atoms with van der Waals surface area (Å²) in [4.78, 5) is 22.4. The van der Waals surface area contributed by atoms with Crippen LogP contribution in [-0.2, 0) is 11.2 Å². The maximum atomic E-state index is 11.9. The van der Waals surface area contributed by atoms with Crippen LogP contribution in [0.1, 0.15) is 54.4 Å². The lowest BCUT2D eigenvalue weighted by Gasteiger charge is -2.23. The number of carbonyl (C=O) groups excluding carboxylic acids is 1. The number of carboxylic acid groups (broad SMARTS) is 1. The van der Waals surface area contributed by atoms with Gasteiger partial charge in [-0.25, -0.2) is 0 Å². The number of rotatable bonds is 9. The van der Waals surface area contributed by atoms with Crippen molar-refractivity contribution in [2.45, 2.75) is 56.4 Å². The van der Waals surface area contributed by atoms with Crippen molar-refractivity contribution in [3.05, 3.63) is 41.5 Å². The van der Waals surface area contributed by atoms with Gasteiger partial charge in [0.2, 0.25) is 0 Å². The number of carbonyl (C=O) groups is 2. The molecule has 0 bridgehead atoms. The van der Waals surface area contributed by atoms with E-state index in [2.05, 4.69) is 0 Å². The van der Waals surface area contributed by atoms with E-state index in [-0.39, 0.29) is 29.4 Å². The summed E-state index contributed by atoms with van der Waals surface area (Å²) in [6.45, 7) is 0.368. The average Bonchev–Trinajstić information content (AvgIpc) is 3.16. The van der Waals surface area contributed by atoms with E-state index in [0.29, 0.717) is 32.3 Å². The molecular formula is C22H27ClO5. The van der Waals surface area contributed by atoms with Gasteiger partial charge in [0.15, 0.2) is 5.78 Å². The Morgan fingerprint density at radius 1 is 1.25 bits per heavy atom. The largest absolute Gasteiger partial charge is 0.493 e. The van der Waals surface area contributed by atoms with Crippen molar-refractivity contribution in [1.82, 2.24) is 0 Å². The molecule has 0 saturated heterocycles. The Labute approximate surface area is 170 Å². The van der Waals surface area contributed by atoms with Crippen molar-refractivity contribution in [3.63, 3.8) is 0 Å². The Kier molecular flexibility index (Phi) is 7.13. The van der Waals surface area contributed by atoms with Crippen LogP contribution in [-0.4, -0.2) is 40.1 Å². The van der Waals surface area contributed by atoms with Crippen LogP contribution in [0.5, 0.6) is 5.75 Å². The lowest BCUT2D eigenvalue weighted by atomic mass is 9.92. The second kappa shape index (κ2) is 9.57. The van der Waals surface area contributed by atoms with Crippen LogP contribution >= 0.6 is 11.6 Å². The summed E-state index contributed by atoms with van der Waals surface area (Å²) in [5, 5.41) is 19.0. The summed E-state index contributed by atoms with van der Waals surface area (Å²) in [6.07, 6.45) is 7.54. The fourth-order valence-corrected chi connectivity index (χ4v) is 4.68. The maximum absolute atomic E-state index is 11.9. The van der Waals surface area contributed by atoms with Gasteiger partial charge in [-0.2, -0.15) is 0 Å². The van der Waals surface area contributed by atoms with E-state index in [9.17, 15) is 14.7 Å². The normalized spacial score (nSPS) is 26.7. The third-order valence-electron chi connectivity index (χ3n) is 5.78. The lowest BCUT2D eigenvalue weighted by molar-refractivity contribution is -0.137. The van der Waals surface area contributed by atoms with E-state index in [1.165, 1.54) is 0 Å². The number of aliphatic hydroxyl groups excluding tert-OH is 1. The topological polar surface area (TPSA) is 83.8 Å². The minimum atomic E-state index is -0.778. The number of unbranched alkanes of at least 4 members (excludes halogenated alkanes) is 1. The molecule has 2 N–H and O–H groups in total. The van der Waals surface area contributed by atoms with Gasteiger partial charge in [-0.3, -0.25) is 9.59 Å². The van der Waals surface area contributed by atoms with Gasteiger partial charge in [0.1, 0.15) is 5.75 Å². The Morgan fingerprint density at radius 2 is 2.07 bits per heavy atom. The highest BCUT2D eigenvalue weighted by Gasteiger charge is 2.41. The van der Waals surface area contributed by atoms with Crippen LogP contribution in [0.3, 0.4) is 0 Å². The standard InChI is InChI=1S/C22H27ClO5/c23-18-12-20(25)17(14(18)6-3-1-2-4-9-22(26)27)13-28-21-8-5-7-15-16(21)10-11-19(15)24/h1,3,5,7-8,14,17-18,20,25H,2,4,6,9-13H2,(H,26,27)/b3-1-/t14-,17?,18-,20?/m1/s1. The molecule has 1 fully saturated rings. The lowest BCUT2D eigenvalue weighted by Crippen LogP contribution is -2.27. The van der Waals surface area contributed by atoms with Gasteiger partial charge in [-0.05, 0) is 44.1 Å². The first kappa shape index (κ1) is 20.9. The molecule has 3 rings (SSSR count). The number of aliphatic hydroxyl groups is 1. The smallest absolute Gasteiger partial charge is 0.303 e. The maximum Gasteiger partial charge on any atom is 0.303 e. The van der Waals surface area contributed by atoms with Crippen molar-refractivity contribution < 1.29 is 24.5 Å². The zero-order chi connectivity index (χ0) is 20.1. The molecule has 4 atom stereocenters. The third-order valence-corrected chi connectivity index (χ3v) is 6.28. The number of hydrogen-bond donors (Lipinski definition) is 2. The third kappa shape index (κ3) is 4.95. The molecule has 28 heavy (non-hydrogen) atoms. The molecule has 0 aliphatic heterocycles. The number of allylic oxidation sites excluding steroid dienone is 2. The molecule has 0 amide bonds. The summed E-state index contributed by atoms with van der Waals surface area (Å²) in [6, 6.07) is 5.56. The number of carboxylic acids is 1. The van der Waals surface area contributed by atoms with Gasteiger partial charge < -0.3 is 14.9 Å². The molecule has 5 nitrogen and oxygen atoms in total. The molecule has 1 aromatic carbocycles. The molecule has 1 saturated carbocycles. The van der Waals surface area contributed by atoms with E-state index < -0.39 is 12.1 Å². The zero-order valence-corrected chi connectivity index (χ0v) is 16.6. The molecule has 0 spiro atoms. The van der Waals surface area contributed by atoms with Crippen LogP contribution < -0.4 is 4.74 Å². The highest BCUT2D eigenvalue weighted by Crippen LogP contribution is 2.39. The van der Waals surface area contributed by atoms with Crippen LogP contribution in [0.2, 0.25) is 0 Å². The second-order valence-corrected chi connectivity index (χ2v) is 8.22. The van der Waals surface area contributed by atoms with Gasteiger partial charge in [0, 0.05) is 35.3 Å². The van der Waals surface area contributed by atoms with Gasteiger partial charge in [-0.1, -0.05) is 24.3 Å². The molecule has 152 valence electrons. The van der Waals surface area contributed by atoms with E-state index in [0.717, 1.165) is 29.7 Å². The number of alkyl halides is 1. The minimum absolute atomic E-state index is 0.0702. The Balaban J connectivity index is 1.57. The van der Waals surface area contributed by atoms with E-state index in [1.807, 2.05) is 30.4 Å². The predicted octanol–water partition coefficient (Wildman–Crippen LogP) is 4.00. The van der Waals surface area contributed by atoms with E-state index >= 15 is 0 Å². The first-order valence-electron chi connectivity index (χ1n) is 9.94. The molecular weight excluding hydrogens is 380 g/mol. The van der Waals surface area contributed by atoms with Crippen molar-refractivity contribution >= 4 is 23.4 Å². The highest BCUT2D eigenvalue weighted by molar-refractivity contribution is 6.21. The molecule has 2 unspecified atom stereocenters. The van der Waals surface area contributed by atoms with Crippen LogP contribution in [0.15, 0.2) is 30.4 Å². The summed E-state index contributed by atoms with van der Waals surface area (Å²) >= 11 is 6.47. The molecule has 6 heteroatoms. The Hall–Kier alpha value is -1.85. The van der Waals surface area contributed by atoms with Gasteiger partial charge in [-0.15, -0.1) is 11.6 Å². The Bertz CT molecular complexity index is 744. The number of ether oxygens (including phenoxy) is 1. The number of benzene rings is 1. The SMILES string of the molecule is O=C(O)CCC/C=C\C[C@@H]1C(COc2cccc3c2CCC3=O)C(O)C[C@H]1Cl. The predicted molar refractivity (Wildman–Crippen MR) is 107 cm³/mol. The van der Waals surface area contributed by atoms with Gasteiger partial charge in [0.25, 0.3) is 0 Å². The molecule has 0 aromatic heterocycles. The molecule has 0 radical (unpaired) electrons. The highest BCUT2D eigenvalue weighted by atomic mass is 35.5. The van der Waals surface area contributed by atoms with Crippen molar-refractivity contribution in [1.29, 1.82) is 0 Å². The van der Waals surface area contributed by atoms with Crippen molar-refractivity contribution in [2.24, 2.45) is 11.8 Å². The first-order valence-corrected chi connectivity index (χ1v) is 10.4. The number of fused-ring (bicyclic) bond motifs is 1. The first-order chi connectivity index (χ1) is 13.5. The number of hydrogen-bond acceptors (Lipinski definition) is 4. The minimum Gasteiger partial charge on any atom is -0.493 e. The quantitative estimate of drug-likeness (QED) is 0.368. The zero-order valence-electron chi connectivity index (χ0n) is 15.9. The van der Waals surface area contributed by atoms with Crippen molar-refractivity contribution in [2.75, 3.05) is 6.61 Å². The number of ketones is 1. The second-order valence-electron chi connectivity index (χ2n) is 7.66. The summed E-state index contributed by atoms with van der Waals surface area (Å²) in [5.74, 6) is 0.147. The van der Waals surface area contributed by atoms with E-state index in [1.54, 1.807) is 0 Å². The van der Waals surface area contributed by atoms with Gasteiger partial charge in [0.05, 0.1) is 12.7 Å². The summed E-state index contributed by atoms with van der Waals surface area (Å²) in [5.41, 5.74) is 1.72. The molecule has 0 heterocycles. The van der Waals surface area contributed by atoms with E-state index in [4.69, 9.17) is 21.4 Å². The van der Waals surface area contributed by atoms with Gasteiger partial charge >= 0.3 is 5.97 Å². The van der Waals surface area contributed by atoms with Crippen LogP contribution in [0.25, 0.3) is 0 Å². The molecule has 2 aliphatic rings. The Morgan fingerprint density at radius 3 is 2.86 bits per heavy atom. The summed E-state index contributed by atoms with van der Waals surface area (Å²) < 4.78 is 6.04. The monoisotopic (exact) mass is 406 g/mol. The number of halogens is 1. The van der Waals surface area contributed by atoms with Crippen LogP contribution in [0.4, 0.5) is 0 Å². The fourth-order valence-electron chi connectivity index (χ4n) is 4.21. The average molecular weight is 407 g/mol.